The highest BCUT2D eigenvalue weighted by atomic mass is 32.2. The molecule has 0 aliphatic carbocycles. The van der Waals surface area contributed by atoms with Gasteiger partial charge in [-0.05, 0) is 43.0 Å². The molecule has 0 bridgehead atoms. The van der Waals surface area contributed by atoms with Gasteiger partial charge in [0.15, 0.2) is 0 Å². The molecule has 0 radical (unpaired) electrons. The average molecular weight is 348 g/mol. The molecule has 5 nitrogen and oxygen atoms in total. The summed E-state index contributed by atoms with van der Waals surface area (Å²) in [5.74, 6) is 0.619. The van der Waals surface area contributed by atoms with Crippen molar-refractivity contribution in [3.8, 4) is 17.5 Å². The lowest BCUT2D eigenvalue weighted by atomic mass is 10.1. The SMILES string of the molecule is CSc1ccc(C=NNc2oc(-c3ccc(C)cc3)nc2C#N)cc1. The van der Waals surface area contributed by atoms with E-state index in [1.165, 1.54) is 4.90 Å². The fraction of sp³-hybridized carbons (Fsp3) is 0.105. The first-order valence-corrected chi connectivity index (χ1v) is 8.83. The van der Waals surface area contributed by atoms with Crippen molar-refractivity contribution in [3.63, 3.8) is 0 Å². The molecule has 3 aromatic rings. The molecule has 25 heavy (non-hydrogen) atoms. The van der Waals surface area contributed by atoms with Crippen molar-refractivity contribution >= 4 is 23.9 Å². The van der Waals surface area contributed by atoms with Crippen molar-refractivity contribution < 1.29 is 4.42 Å². The standard InChI is InChI=1S/C19H16N4OS/c1-13-3-7-15(8-4-13)18-22-17(11-20)19(24-18)23-21-12-14-5-9-16(25-2)10-6-14/h3-10,12,23H,1-2H3. The van der Waals surface area contributed by atoms with Gasteiger partial charge in [-0.25, -0.2) is 5.43 Å². The Bertz CT molecular complexity index is 922. The first-order valence-electron chi connectivity index (χ1n) is 7.60. The Labute approximate surface area is 150 Å². The van der Waals surface area contributed by atoms with Crippen molar-refractivity contribution in [1.82, 2.24) is 4.98 Å². The molecule has 1 N–H and O–H groups in total. The van der Waals surface area contributed by atoms with E-state index in [1.54, 1.807) is 18.0 Å². The largest absolute Gasteiger partial charge is 0.417 e. The Kier molecular flexibility index (Phi) is 5.17. The number of aryl methyl sites for hydroxylation is 1. The number of oxazole rings is 1. The lowest BCUT2D eigenvalue weighted by molar-refractivity contribution is 0.587. The third kappa shape index (κ3) is 4.08. The zero-order valence-corrected chi connectivity index (χ0v) is 14.7. The maximum atomic E-state index is 9.23. The maximum absolute atomic E-state index is 9.23. The number of hydrogen-bond donors (Lipinski definition) is 1. The second-order valence-corrected chi connectivity index (χ2v) is 6.20. The van der Waals surface area contributed by atoms with E-state index in [0.717, 1.165) is 16.7 Å². The van der Waals surface area contributed by atoms with Crippen LogP contribution >= 0.6 is 11.8 Å². The van der Waals surface area contributed by atoms with Crippen LogP contribution in [0.5, 0.6) is 0 Å². The van der Waals surface area contributed by atoms with Gasteiger partial charge in [0.1, 0.15) is 6.07 Å². The number of benzene rings is 2. The van der Waals surface area contributed by atoms with Gasteiger partial charge in [0.2, 0.25) is 11.6 Å². The van der Waals surface area contributed by atoms with Crippen LogP contribution in [-0.4, -0.2) is 17.5 Å². The molecular formula is C19H16N4OS. The first-order chi connectivity index (χ1) is 12.2. The summed E-state index contributed by atoms with van der Waals surface area (Å²) in [4.78, 5) is 5.40. The van der Waals surface area contributed by atoms with E-state index in [1.807, 2.05) is 67.8 Å². The molecule has 0 atom stereocenters. The smallest absolute Gasteiger partial charge is 0.252 e. The van der Waals surface area contributed by atoms with Crippen LogP contribution in [-0.2, 0) is 0 Å². The third-order valence-electron chi connectivity index (χ3n) is 3.53. The monoisotopic (exact) mass is 348 g/mol. The summed E-state index contributed by atoms with van der Waals surface area (Å²) in [6, 6.07) is 17.8. The Morgan fingerprint density at radius 2 is 1.88 bits per heavy atom. The summed E-state index contributed by atoms with van der Waals surface area (Å²) in [7, 11) is 0. The maximum Gasteiger partial charge on any atom is 0.252 e. The number of hydrazone groups is 1. The zero-order valence-electron chi connectivity index (χ0n) is 13.9. The minimum atomic E-state index is 0.172. The van der Waals surface area contributed by atoms with Crippen molar-refractivity contribution in [3.05, 3.63) is 65.4 Å². The van der Waals surface area contributed by atoms with Gasteiger partial charge in [-0.15, -0.1) is 11.8 Å². The van der Waals surface area contributed by atoms with Crippen LogP contribution in [0.1, 0.15) is 16.8 Å². The fourth-order valence-corrected chi connectivity index (χ4v) is 2.55. The number of hydrogen-bond acceptors (Lipinski definition) is 6. The van der Waals surface area contributed by atoms with Crippen molar-refractivity contribution in [2.75, 3.05) is 11.7 Å². The lowest BCUT2D eigenvalue weighted by Gasteiger charge is -1.98. The number of nitrogens with one attached hydrogen (secondary N) is 1. The van der Waals surface area contributed by atoms with E-state index in [9.17, 15) is 5.26 Å². The lowest BCUT2D eigenvalue weighted by Crippen LogP contribution is -1.91. The van der Waals surface area contributed by atoms with Crippen LogP contribution < -0.4 is 5.43 Å². The molecule has 0 aliphatic rings. The first kappa shape index (κ1) is 16.8. The van der Waals surface area contributed by atoms with Crippen molar-refractivity contribution in [2.24, 2.45) is 5.10 Å². The number of aromatic nitrogens is 1. The van der Waals surface area contributed by atoms with E-state index in [0.29, 0.717) is 5.89 Å². The summed E-state index contributed by atoms with van der Waals surface area (Å²) >= 11 is 1.69. The van der Waals surface area contributed by atoms with Gasteiger partial charge in [-0.3, -0.25) is 0 Å². The molecule has 0 saturated carbocycles. The molecule has 0 amide bonds. The fourth-order valence-electron chi connectivity index (χ4n) is 2.15. The molecule has 0 aliphatic heterocycles. The van der Waals surface area contributed by atoms with Crippen LogP contribution in [0.25, 0.3) is 11.5 Å². The van der Waals surface area contributed by atoms with Gasteiger partial charge in [0.25, 0.3) is 5.88 Å². The highest BCUT2D eigenvalue weighted by molar-refractivity contribution is 7.98. The quantitative estimate of drug-likeness (QED) is 0.411. The van der Waals surface area contributed by atoms with Crippen LogP contribution in [0.2, 0.25) is 0 Å². The summed E-state index contributed by atoms with van der Waals surface area (Å²) < 4.78 is 5.64. The van der Waals surface area contributed by atoms with Crippen LogP contribution in [0.3, 0.4) is 0 Å². The van der Waals surface area contributed by atoms with Crippen LogP contribution in [0.4, 0.5) is 5.88 Å². The van der Waals surface area contributed by atoms with Gasteiger partial charge < -0.3 is 4.42 Å². The van der Waals surface area contributed by atoms with E-state index in [-0.39, 0.29) is 11.6 Å². The normalized spacial score (nSPS) is 10.8. The van der Waals surface area contributed by atoms with E-state index in [4.69, 9.17) is 4.42 Å². The molecular weight excluding hydrogens is 332 g/mol. The van der Waals surface area contributed by atoms with Crippen molar-refractivity contribution in [2.45, 2.75) is 11.8 Å². The van der Waals surface area contributed by atoms with Gasteiger partial charge in [0, 0.05) is 10.5 Å². The minimum absolute atomic E-state index is 0.172. The van der Waals surface area contributed by atoms with Gasteiger partial charge >= 0.3 is 0 Å². The summed E-state index contributed by atoms with van der Waals surface area (Å²) in [5, 5.41) is 13.4. The molecule has 0 saturated heterocycles. The average Bonchev–Trinajstić information content (AvgIpc) is 3.06. The number of rotatable bonds is 5. The number of nitrogens with zero attached hydrogens (tertiary/aromatic N) is 3. The molecule has 3 rings (SSSR count). The van der Waals surface area contributed by atoms with E-state index >= 15 is 0 Å². The highest BCUT2D eigenvalue weighted by Crippen LogP contribution is 2.25. The van der Waals surface area contributed by atoms with Gasteiger partial charge in [-0.2, -0.15) is 15.3 Å². The Morgan fingerprint density at radius 1 is 1.16 bits per heavy atom. The van der Waals surface area contributed by atoms with Gasteiger partial charge in [0.05, 0.1) is 6.21 Å². The number of nitriles is 1. The predicted octanol–water partition coefficient (Wildman–Crippen LogP) is 4.69. The van der Waals surface area contributed by atoms with Crippen LogP contribution in [0, 0.1) is 18.3 Å². The molecule has 0 unspecified atom stereocenters. The van der Waals surface area contributed by atoms with E-state index in [2.05, 4.69) is 15.5 Å². The predicted molar refractivity (Wildman–Crippen MR) is 101 cm³/mol. The molecule has 1 heterocycles. The molecule has 1 aromatic heterocycles. The van der Waals surface area contributed by atoms with Crippen molar-refractivity contribution in [1.29, 1.82) is 5.26 Å². The van der Waals surface area contributed by atoms with Crippen LogP contribution in [0.15, 0.2) is 62.9 Å². The van der Waals surface area contributed by atoms with E-state index < -0.39 is 0 Å². The molecule has 6 heteroatoms. The Morgan fingerprint density at radius 3 is 2.52 bits per heavy atom. The molecule has 0 spiro atoms. The number of anilines is 1. The Hall–Kier alpha value is -3.04. The molecule has 124 valence electrons. The Balaban J connectivity index is 1.76. The minimum Gasteiger partial charge on any atom is -0.417 e. The summed E-state index contributed by atoms with van der Waals surface area (Å²) in [6.07, 6.45) is 3.70. The summed E-state index contributed by atoms with van der Waals surface area (Å²) in [6.45, 7) is 2.01. The highest BCUT2D eigenvalue weighted by Gasteiger charge is 2.13. The topological polar surface area (TPSA) is 74.2 Å². The second kappa shape index (κ2) is 7.69. The molecule has 0 fully saturated rings. The van der Waals surface area contributed by atoms with Gasteiger partial charge in [-0.1, -0.05) is 29.8 Å². The third-order valence-corrected chi connectivity index (χ3v) is 4.27. The second-order valence-electron chi connectivity index (χ2n) is 5.32. The zero-order chi connectivity index (χ0) is 17.6. The summed E-state index contributed by atoms with van der Waals surface area (Å²) in [5.41, 5.74) is 5.83. The molecule has 2 aromatic carbocycles. The number of thioether (sulfide) groups is 1.